The Morgan fingerprint density at radius 2 is 2.45 bits per heavy atom. The Labute approximate surface area is 67.2 Å². The van der Waals surface area contributed by atoms with Crippen LogP contribution < -0.4 is 0 Å². The van der Waals surface area contributed by atoms with Gasteiger partial charge in [0.1, 0.15) is 0 Å². The zero-order valence-corrected chi connectivity index (χ0v) is 6.79. The van der Waals surface area contributed by atoms with Crippen molar-refractivity contribution in [3.05, 3.63) is 24.3 Å². The second kappa shape index (κ2) is 3.69. The summed E-state index contributed by atoms with van der Waals surface area (Å²) in [6.45, 7) is 5.53. The van der Waals surface area contributed by atoms with E-state index >= 15 is 0 Å². The van der Waals surface area contributed by atoms with Crippen molar-refractivity contribution in [3.8, 4) is 0 Å². The molecule has 2 heteroatoms. The number of rotatable bonds is 1. The number of aliphatic hydroxyl groups is 1. The quantitative estimate of drug-likeness (QED) is 0.581. The number of allylic oxidation sites excluding steroid dienone is 1. The maximum Gasteiger partial charge on any atom is 0.177 e. The summed E-state index contributed by atoms with van der Waals surface area (Å²) in [5.41, 5.74) is 0.975. The zero-order valence-electron chi connectivity index (χ0n) is 6.79. The number of ether oxygens (including phenoxy) is 1. The van der Waals surface area contributed by atoms with Crippen LogP contribution in [0.3, 0.4) is 0 Å². The fourth-order valence-corrected chi connectivity index (χ4v) is 1.21. The molecule has 0 amide bonds. The minimum atomic E-state index is -0.711. The molecule has 2 nitrogen and oxygen atoms in total. The van der Waals surface area contributed by atoms with Crippen LogP contribution in [0.4, 0.5) is 0 Å². The van der Waals surface area contributed by atoms with E-state index in [1.165, 1.54) is 0 Å². The molecule has 0 radical (unpaired) electrons. The molecule has 62 valence electrons. The van der Waals surface area contributed by atoms with E-state index in [4.69, 9.17) is 4.74 Å². The topological polar surface area (TPSA) is 29.5 Å². The van der Waals surface area contributed by atoms with Crippen LogP contribution >= 0.6 is 0 Å². The van der Waals surface area contributed by atoms with Crippen LogP contribution in [0, 0.1) is 0 Å². The molecule has 1 fully saturated rings. The van der Waals surface area contributed by atoms with E-state index in [-0.39, 0.29) is 6.10 Å². The smallest absolute Gasteiger partial charge is 0.177 e. The van der Waals surface area contributed by atoms with Gasteiger partial charge in [0.2, 0.25) is 0 Å². The minimum absolute atomic E-state index is 0.0219. The van der Waals surface area contributed by atoms with Gasteiger partial charge in [0.25, 0.3) is 0 Å². The Kier molecular flexibility index (Phi) is 2.85. The maximum atomic E-state index is 9.33. The van der Waals surface area contributed by atoms with Gasteiger partial charge in [-0.15, -0.1) is 6.58 Å². The van der Waals surface area contributed by atoms with E-state index in [0.29, 0.717) is 0 Å². The minimum Gasteiger partial charge on any atom is -0.364 e. The first-order valence-corrected chi connectivity index (χ1v) is 3.89. The number of aliphatic hydroxyl groups excluding tert-OH is 1. The summed E-state index contributed by atoms with van der Waals surface area (Å²) < 4.78 is 5.21. The Morgan fingerprint density at radius 3 is 2.91 bits per heavy atom. The van der Waals surface area contributed by atoms with Gasteiger partial charge in [0.05, 0.1) is 6.10 Å². The molecule has 1 aliphatic heterocycles. The van der Waals surface area contributed by atoms with Crippen molar-refractivity contribution in [2.45, 2.75) is 32.2 Å². The molecule has 1 aliphatic rings. The Balaban J connectivity index is 2.54. The molecule has 0 aliphatic carbocycles. The highest BCUT2D eigenvalue weighted by Gasteiger charge is 2.21. The molecule has 0 aromatic carbocycles. The monoisotopic (exact) mass is 154 g/mol. The fourth-order valence-electron chi connectivity index (χ4n) is 1.21. The van der Waals surface area contributed by atoms with Gasteiger partial charge in [-0.1, -0.05) is 12.2 Å². The SMILES string of the molecule is C=CC1CC/C(=C\C)C(O)O1. The normalized spacial score (nSPS) is 35.6. The summed E-state index contributed by atoms with van der Waals surface area (Å²) in [6, 6.07) is 0. The first-order valence-electron chi connectivity index (χ1n) is 3.89. The van der Waals surface area contributed by atoms with Crippen LogP contribution in [-0.4, -0.2) is 17.5 Å². The molecule has 0 aromatic rings. The summed E-state index contributed by atoms with van der Waals surface area (Å²) in [5, 5.41) is 9.33. The molecule has 1 saturated heterocycles. The van der Waals surface area contributed by atoms with Crippen molar-refractivity contribution in [2.24, 2.45) is 0 Å². The van der Waals surface area contributed by atoms with Crippen LogP contribution in [0.1, 0.15) is 19.8 Å². The third-order valence-electron chi connectivity index (χ3n) is 1.97. The Hall–Kier alpha value is -0.600. The van der Waals surface area contributed by atoms with Crippen molar-refractivity contribution in [3.63, 3.8) is 0 Å². The molecule has 0 aromatic heterocycles. The van der Waals surface area contributed by atoms with Crippen molar-refractivity contribution in [2.75, 3.05) is 0 Å². The van der Waals surface area contributed by atoms with Crippen molar-refractivity contribution < 1.29 is 9.84 Å². The second-order valence-electron chi connectivity index (χ2n) is 2.66. The highest BCUT2D eigenvalue weighted by Crippen LogP contribution is 2.22. The van der Waals surface area contributed by atoms with Crippen LogP contribution in [0.5, 0.6) is 0 Å². The molecule has 2 atom stereocenters. The van der Waals surface area contributed by atoms with E-state index in [1.54, 1.807) is 6.08 Å². The van der Waals surface area contributed by atoms with E-state index in [0.717, 1.165) is 18.4 Å². The van der Waals surface area contributed by atoms with Gasteiger partial charge in [0, 0.05) is 0 Å². The Morgan fingerprint density at radius 1 is 1.73 bits per heavy atom. The van der Waals surface area contributed by atoms with E-state index in [1.807, 2.05) is 13.0 Å². The van der Waals surface area contributed by atoms with Crippen molar-refractivity contribution in [1.29, 1.82) is 0 Å². The third kappa shape index (κ3) is 1.91. The largest absolute Gasteiger partial charge is 0.364 e. The lowest BCUT2D eigenvalue weighted by Crippen LogP contribution is -2.27. The maximum absolute atomic E-state index is 9.33. The van der Waals surface area contributed by atoms with Gasteiger partial charge in [-0.2, -0.15) is 0 Å². The summed E-state index contributed by atoms with van der Waals surface area (Å²) in [7, 11) is 0. The average Bonchev–Trinajstić information content (AvgIpc) is 2.04. The molecule has 11 heavy (non-hydrogen) atoms. The predicted molar refractivity (Wildman–Crippen MR) is 44.1 cm³/mol. The highest BCUT2D eigenvalue weighted by molar-refractivity contribution is 5.07. The van der Waals surface area contributed by atoms with Crippen LogP contribution in [0.15, 0.2) is 24.3 Å². The van der Waals surface area contributed by atoms with Crippen molar-refractivity contribution in [1.82, 2.24) is 0 Å². The lowest BCUT2D eigenvalue weighted by atomic mass is 10.0. The highest BCUT2D eigenvalue weighted by atomic mass is 16.6. The zero-order chi connectivity index (χ0) is 8.27. The average molecular weight is 154 g/mol. The first kappa shape index (κ1) is 8.50. The van der Waals surface area contributed by atoms with Crippen molar-refractivity contribution >= 4 is 0 Å². The fraction of sp³-hybridized carbons (Fsp3) is 0.556. The molecule has 1 heterocycles. The molecular weight excluding hydrogens is 140 g/mol. The van der Waals surface area contributed by atoms with E-state index < -0.39 is 6.29 Å². The summed E-state index contributed by atoms with van der Waals surface area (Å²) >= 11 is 0. The van der Waals surface area contributed by atoms with Crippen LogP contribution in [0.25, 0.3) is 0 Å². The summed E-state index contributed by atoms with van der Waals surface area (Å²) in [5.74, 6) is 0. The molecule has 2 unspecified atom stereocenters. The lowest BCUT2D eigenvalue weighted by molar-refractivity contribution is -0.115. The number of hydrogen-bond acceptors (Lipinski definition) is 2. The van der Waals surface area contributed by atoms with E-state index in [2.05, 4.69) is 6.58 Å². The molecule has 0 spiro atoms. The van der Waals surface area contributed by atoms with Gasteiger partial charge in [-0.25, -0.2) is 0 Å². The summed E-state index contributed by atoms with van der Waals surface area (Å²) in [4.78, 5) is 0. The predicted octanol–water partition coefficient (Wildman–Crippen LogP) is 1.62. The van der Waals surface area contributed by atoms with Gasteiger partial charge in [-0.3, -0.25) is 0 Å². The first-order chi connectivity index (χ1) is 5.27. The lowest BCUT2D eigenvalue weighted by Gasteiger charge is -2.26. The molecule has 0 bridgehead atoms. The Bertz CT molecular complexity index is 172. The van der Waals surface area contributed by atoms with Gasteiger partial charge in [0.15, 0.2) is 6.29 Å². The summed E-state index contributed by atoms with van der Waals surface area (Å²) in [6.07, 6.45) is 4.79. The molecule has 0 saturated carbocycles. The van der Waals surface area contributed by atoms with Gasteiger partial charge >= 0.3 is 0 Å². The molecule has 1 rings (SSSR count). The second-order valence-corrected chi connectivity index (χ2v) is 2.66. The molecular formula is C9H14O2. The standard InChI is InChI=1S/C9H14O2/c1-3-7-5-6-8(4-2)11-9(7)10/h3-4,8-10H,2,5-6H2,1H3/b7-3+. The third-order valence-corrected chi connectivity index (χ3v) is 1.97. The molecule has 1 N–H and O–H groups in total. The number of hydrogen-bond donors (Lipinski definition) is 1. The van der Waals surface area contributed by atoms with E-state index in [9.17, 15) is 5.11 Å². The van der Waals surface area contributed by atoms with Crippen LogP contribution in [-0.2, 0) is 4.74 Å². The van der Waals surface area contributed by atoms with Gasteiger partial charge < -0.3 is 9.84 Å². The van der Waals surface area contributed by atoms with Crippen LogP contribution in [0.2, 0.25) is 0 Å². The van der Waals surface area contributed by atoms with Gasteiger partial charge in [-0.05, 0) is 25.3 Å².